The summed E-state index contributed by atoms with van der Waals surface area (Å²) in [5.41, 5.74) is 4.72. The minimum absolute atomic E-state index is 0.654. The minimum Gasteiger partial charge on any atom is -0.475 e. The van der Waals surface area contributed by atoms with Crippen LogP contribution in [0.4, 0.5) is 0 Å². The van der Waals surface area contributed by atoms with Crippen molar-refractivity contribution in [1.82, 2.24) is 19.7 Å². The summed E-state index contributed by atoms with van der Waals surface area (Å²) in [6.45, 7) is 1.42. The Hall–Kier alpha value is -3.21. The summed E-state index contributed by atoms with van der Waals surface area (Å²) in [5.74, 6) is 0.812. The van der Waals surface area contributed by atoms with E-state index < -0.39 is 0 Å². The molecule has 0 fully saturated rings. The van der Waals surface area contributed by atoms with Crippen LogP contribution in [-0.4, -0.2) is 26.4 Å². The van der Waals surface area contributed by atoms with Crippen LogP contribution in [0.3, 0.4) is 0 Å². The number of fused-ring (bicyclic) bond motifs is 2. The number of rotatable bonds is 2. The molecule has 0 aliphatic carbocycles. The van der Waals surface area contributed by atoms with Crippen LogP contribution < -0.4 is 4.74 Å². The van der Waals surface area contributed by atoms with Crippen LogP contribution in [0.2, 0.25) is 0 Å². The molecule has 24 heavy (non-hydrogen) atoms. The highest BCUT2D eigenvalue weighted by atomic mass is 16.5. The van der Waals surface area contributed by atoms with Gasteiger partial charge in [0, 0.05) is 23.3 Å². The van der Waals surface area contributed by atoms with Gasteiger partial charge >= 0.3 is 0 Å². The second-order valence-corrected chi connectivity index (χ2v) is 5.69. The minimum atomic E-state index is 0.654. The molecule has 0 radical (unpaired) electrons. The molecule has 116 valence electrons. The van der Waals surface area contributed by atoms with Crippen molar-refractivity contribution in [3.63, 3.8) is 0 Å². The van der Waals surface area contributed by atoms with Crippen LogP contribution >= 0.6 is 0 Å². The molecular formula is C19H14N4O. The van der Waals surface area contributed by atoms with E-state index in [9.17, 15) is 0 Å². The van der Waals surface area contributed by atoms with E-state index in [-0.39, 0.29) is 0 Å². The average molecular weight is 314 g/mol. The Balaban J connectivity index is 1.84. The SMILES string of the molecule is c1ccc(-c2nn3c(c2-c2ccnc4ccccc24)OCC3)nc1. The molecule has 0 spiro atoms. The lowest BCUT2D eigenvalue weighted by Gasteiger charge is -2.08. The highest BCUT2D eigenvalue weighted by Gasteiger charge is 2.27. The van der Waals surface area contributed by atoms with Gasteiger partial charge in [-0.1, -0.05) is 24.3 Å². The molecule has 0 saturated carbocycles. The monoisotopic (exact) mass is 314 g/mol. The molecule has 1 aromatic carbocycles. The summed E-state index contributed by atoms with van der Waals surface area (Å²) in [6, 6.07) is 16.0. The molecule has 5 heteroatoms. The Labute approximate surface area is 138 Å². The third-order valence-corrected chi connectivity index (χ3v) is 4.27. The first-order chi connectivity index (χ1) is 11.9. The van der Waals surface area contributed by atoms with E-state index in [1.807, 2.05) is 53.3 Å². The lowest BCUT2D eigenvalue weighted by molar-refractivity contribution is 0.358. The van der Waals surface area contributed by atoms with Gasteiger partial charge in [0.25, 0.3) is 0 Å². The Bertz CT molecular complexity index is 1030. The standard InChI is InChI=1S/C19H14N4O/c1-2-6-15-13(5-1)14(8-10-21-15)17-18(16-7-3-4-9-20-16)22-23-11-12-24-19(17)23/h1-10H,11-12H2. The number of hydrogen-bond donors (Lipinski definition) is 0. The molecule has 1 aliphatic rings. The van der Waals surface area contributed by atoms with Gasteiger partial charge in [-0.25, -0.2) is 4.68 Å². The van der Waals surface area contributed by atoms with Crippen molar-refractivity contribution in [3.05, 3.63) is 60.9 Å². The second kappa shape index (κ2) is 5.16. The number of ether oxygens (including phenoxy) is 1. The van der Waals surface area contributed by atoms with E-state index in [1.54, 1.807) is 6.20 Å². The Morgan fingerprint density at radius 3 is 2.75 bits per heavy atom. The fourth-order valence-electron chi connectivity index (χ4n) is 3.21. The molecule has 0 bridgehead atoms. The number of para-hydroxylation sites is 1. The van der Waals surface area contributed by atoms with Gasteiger partial charge in [-0.2, -0.15) is 5.10 Å². The molecular weight excluding hydrogens is 300 g/mol. The first-order valence-corrected chi connectivity index (χ1v) is 7.91. The molecule has 0 N–H and O–H groups in total. The van der Waals surface area contributed by atoms with E-state index in [1.165, 1.54) is 0 Å². The fraction of sp³-hybridized carbons (Fsp3) is 0.105. The molecule has 4 aromatic rings. The smallest absolute Gasteiger partial charge is 0.220 e. The van der Waals surface area contributed by atoms with Crippen molar-refractivity contribution in [1.29, 1.82) is 0 Å². The molecule has 5 nitrogen and oxygen atoms in total. The van der Waals surface area contributed by atoms with Gasteiger partial charge in [-0.05, 0) is 24.3 Å². The summed E-state index contributed by atoms with van der Waals surface area (Å²) < 4.78 is 7.81. The van der Waals surface area contributed by atoms with Gasteiger partial charge in [0.1, 0.15) is 12.3 Å². The number of pyridine rings is 2. The lowest BCUT2D eigenvalue weighted by Crippen LogP contribution is -1.97. The maximum atomic E-state index is 5.89. The number of nitrogens with zero attached hydrogens (tertiary/aromatic N) is 4. The van der Waals surface area contributed by atoms with Crippen LogP contribution in [0, 0.1) is 0 Å². The highest BCUT2D eigenvalue weighted by Crippen LogP contribution is 2.42. The van der Waals surface area contributed by atoms with Crippen molar-refractivity contribution in [3.8, 4) is 28.4 Å². The zero-order chi connectivity index (χ0) is 15.9. The van der Waals surface area contributed by atoms with Gasteiger partial charge in [0.05, 0.1) is 23.3 Å². The molecule has 0 amide bonds. The van der Waals surface area contributed by atoms with E-state index in [2.05, 4.69) is 16.0 Å². The summed E-state index contributed by atoms with van der Waals surface area (Å²) in [5, 5.41) is 5.84. The van der Waals surface area contributed by atoms with Gasteiger partial charge in [-0.3, -0.25) is 9.97 Å². The van der Waals surface area contributed by atoms with Crippen LogP contribution in [0.15, 0.2) is 60.9 Å². The predicted molar refractivity (Wildman–Crippen MR) is 91.7 cm³/mol. The molecule has 0 unspecified atom stereocenters. The van der Waals surface area contributed by atoms with Crippen molar-refractivity contribution >= 4 is 10.9 Å². The Kier molecular flexibility index (Phi) is 2.85. The topological polar surface area (TPSA) is 52.8 Å². The summed E-state index contributed by atoms with van der Waals surface area (Å²) in [4.78, 5) is 8.95. The molecule has 0 atom stereocenters. The zero-order valence-corrected chi connectivity index (χ0v) is 12.9. The van der Waals surface area contributed by atoms with Gasteiger partial charge in [0.2, 0.25) is 5.88 Å². The highest BCUT2D eigenvalue weighted by molar-refractivity contribution is 5.99. The zero-order valence-electron chi connectivity index (χ0n) is 12.9. The Morgan fingerprint density at radius 2 is 1.83 bits per heavy atom. The maximum absolute atomic E-state index is 5.89. The number of aromatic nitrogens is 4. The summed E-state index contributed by atoms with van der Waals surface area (Å²) in [6.07, 6.45) is 3.62. The maximum Gasteiger partial charge on any atom is 0.220 e. The van der Waals surface area contributed by atoms with E-state index in [0.717, 1.165) is 45.8 Å². The molecule has 0 saturated heterocycles. The fourth-order valence-corrected chi connectivity index (χ4v) is 3.21. The molecule has 1 aliphatic heterocycles. The lowest BCUT2D eigenvalue weighted by atomic mass is 10.00. The summed E-state index contributed by atoms with van der Waals surface area (Å²) in [7, 11) is 0. The normalized spacial score (nSPS) is 13.0. The van der Waals surface area contributed by atoms with Gasteiger partial charge < -0.3 is 4.74 Å². The van der Waals surface area contributed by atoms with Crippen LogP contribution in [0.1, 0.15) is 0 Å². The first-order valence-electron chi connectivity index (χ1n) is 7.91. The molecule has 5 rings (SSSR count). The second-order valence-electron chi connectivity index (χ2n) is 5.69. The van der Waals surface area contributed by atoms with E-state index in [4.69, 9.17) is 9.84 Å². The first kappa shape index (κ1) is 13.2. The largest absolute Gasteiger partial charge is 0.475 e. The van der Waals surface area contributed by atoms with Crippen LogP contribution in [0.25, 0.3) is 33.4 Å². The number of benzene rings is 1. The van der Waals surface area contributed by atoms with Crippen molar-refractivity contribution in [2.24, 2.45) is 0 Å². The third kappa shape index (κ3) is 1.91. The van der Waals surface area contributed by atoms with Crippen molar-refractivity contribution < 1.29 is 4.74 Å². The van der Waals surface area contributed by atoms with E-state index in [0.29, 0.717) is 6.61 Å². The van der Waals surface area contributed by atoms with Gasteiger partial charge in [-0.15, -0.1) is 0 Å². The van der Waals surface area contributed by atoms with Crippen LogP contribution in [-0.2, 0) is 6.54 Å². The molecule has 4 heterocycles. The quantitative estimate of drug-likeness (QED) is 0.568. The van der Waals surface area contributed by atoms with E-state index >= 15 is 0 Å². The van der Waals surface area contributed by atoms with Crippen LogP contribution in [0.5, 0.6) is 5.88 Å². The number of hydrogen-bond acceptors (Lipinski definition) is 4. The third-order valence-electron chi connectivity index (χ3n) is 4.27. The predicted octanol–water partition coefficient (Wildman–Crippen LogP) is 3.55. The Morgan fingerprint density at radius 1 is 0.917 bits per heavy atom. The van der Waals surface area contributed by atoms with Gasteiger partial charge in [0.15, 0.2) is 0 Å². The van der Waals surface area contributed by atoms with Crippen molar-refractivity contribution in [2.45, 2.75) is 6.54 Å². The summed E-state index contributed by atoms with van der Waals surface area (Å²) >= 11 is 0. The molecule has 3 aromatic heterocycles. The van der Waals surface area contributed by atoms with Crippen molar-refractivity contribution in [2.75, 3.05) is 6.61 Å². The average Bonchev–Trinajstić information content (AvgIpc) is 3.23.